The van der Waals surface area contributed by atoms with Crippen molar-refractivity contribution in [1.82, 2.24) is 4.57 Å². The third-order valence-corrected chi connectivity index (χ3v) is 17.5. The molecule has 4 heteroatoms. The van der Waals surface area contributed by atoms with Crippen molar-refractivity contribution >= 4 is 67.7 Å². The quantitative estimate of drug-likeness (QED) is 0.165. The maximum absolute atomic E-state index is 2.95. The van der Waals surface area contributed by atoms with Crippen LogP contribution in [0.25, 0.3) is 38.6 Å². The van der Waals surface area contributed by atoms with Gasteiger partial charge in [0.1, 0.15) is 0 Å². The smallest absolute Gasteiger partial charge is 0.252 e. The number of fused-ring (bicyclic) bond motifs is 13. The fourth-order valence-electron chi connectivity index (χ4n) is 14.4. The minimum Gasteiger partial charge on any atom is -0.337 e. The van der Waals surface area contributed by atoms with Gasteiger partial charge in [-0.1, -0.05) is 145 Å². The molecule has 7 aromatic rings. The van der Waals surface area contributed by atoms with E-state index in [4.69, 9.17) is 0 Å². The van der Waals surface area contributed by atoms with Gasteiger partial charge in [-0.2, -0.15) is 0 Å². The summed E-state index contributed by atoms with van der Waals surface area (Å²) in [6.07, 6.45) is 10.1. The molecule has 5 atom stereocenters. The van der Waals surface area contributed by atoms with E-state index in [0.29, 0.717) is 17.9 Å². The Kier molecular flexibility index (Phi) is 7.10. The van der Waals surface area contributed by atoms with Crippen molar-refractivity contribution in [3.05, 3.63) is 132 Å². The lowest BCUT2D eigenvalue weighted by atomic mass is 9.33. The third-order valence-electron chi connectivity index (χ3n) is 17.5. The van der Waals surface area contributed by atoms with E-state index in [-0.39, 0.29) is 23.1 Å². The molecule has 2 aliphatic carbocycles. The normalized spacial score (nSPS) is 26.9. The molecule has 0 spiro atoms. The van der Waals surface area contributed by atoms with E-state index in [2.05, 4.69) is 171 Å². The van der Waals surface area contributed by atoms with Gasteiger partial charge in [0.05, 0.1) is 11.1 Å². The summed E-state index contributed by atoms with van der Waals surface area (Å²) >= 11 is 0. The zero-order chi connectivity index (χ0) is 40.4. The van der Waals surface area contributed by atoms with Crippen LogP contribution in [0.5, 0.6) is 0 Å². The second kappa shape index (κ2) is 12.0. The van der Waals surface area contributed by atoms with Gasteiger partial charge in [0, 0.05) is 61.6 Å². The second-order valence-corrected chi connectivity index (χ2v) is 20.8. The molecule has 3 nitrogen and oxygen atoms in total. The molecule has 6 aromatic carbocycles. The van der Waals surface area contributed by atoms with E-state index in [1.165, 1.54) is 140 Å². The van der Waals surface area contributed by atoms with Crippen molar-refractivity contribution in [3.8, 4) is 16.8 Å². The van der Waals surface area contributed by atoms with E-state index in [1.54, 1.807) is 5.56 Å². The van der Waals surface area contributed by atoms with Crippen LogP contribution in [0, 0.1) is 5.92 Å². The Bertz CT molecular complexity index is 2980. The number of benzene rings is 6. The minimum absolute atomic E-state index is 0.0298. The summed E-state index contributed by atoms with van der Waals surface area (Å²) in [4.78, 5) is 5.81. The molecular weight excluding hydrogens is 725 g/mol. The summed E-state index contributed by atoms with van der Waals surface area (Å²) in [6, 6.07) is 46.0. The molecule has 13 rings (SSSR count). The number of anilines is 4. The maximum atomic E-state index is 2.95. The van der Waals surface area contributed by atoms with E-state index < -0.39 is 0 Å². The van der Waals surface area contributed by atoms with Crippen LogP contribution >= 0.6 is 0 Å². The lowest BCUT2D eigenvalue weighted by Gasteiger charge is -2.52. The Morgan fingerprint density at radius 2 is 1.42 bits per heavy atom. The molecule has 298 valence electrons. The first kappa shape index (κ1) is 35.5. The van der Waals surface area contributed by atoms with E-state index in [0.717, 1.165) is 0 Å². The molecule has 2 saturated carbocycles. The number of hydrogen-bond donors (Lipinski definition) is 0. The number of rotatable bonds is 3. The lowest BCUT2D eigenvalue weighted by Crippen LogP contribution is -2.64. The predicted octanol–water partition coefficient (Wildman–Crippen LogP) is 12.4. The van der Waals surface area contributed by atoms with Crippen molar-refractivity contribution in [1.29, 1.82) is 0 Å². The Morgan fingerprint density at radius 1 is 0.650 bits per heavy atom. The highest BCUT2D eigenvalue weighted by molar-refractivity contribution is 7.00. The van der Waals surface area contributed by atoms with Crippen LogP contribution in [0.3, 0.4) is 0 Å². The van der Waals surface area contributed by atoms with Gasteiger partial charge in [0.2, 0.25) is 0 Å². The topological polar surface area (TPSA) is 11.4 Å². The van der Waals surface area contributed by atoms with Gasteiger partial charge >= 0.3 is 0 Å². The van der Waals surface area contributed by atoms with E-state index in [1.807, 2.05) is 0 Å². The largest absolute Gasteiger partial charge is 0.337 e. The number of aromatic nitrogens is 1. The van der Waals surface area contributed by atoms with Crippen molar-refractivity contribution in [2.75, 3.05) is 9.80 Å². The third kappa shape index (κ3) is 4.24. The summed E-state index contributed by atoms with van der Waals surface area (Å²) in [5.74, 6) is 1.01. The zero-order valence-corrected chi connectivity index (χ0v) is 36.3. The Labute approximate surface area is 356 Å². The SMILES string of the molecule is CC(C)c1cc2c3c(c1)C1(C)CCCCC1(C)N3c1cc(N3c4ccc(-c5ccccc5)cc4C4(C)CCCCC(C)C34)cc3c1B2c1cccc2c4ccccc4n-3c12. The number of nitrogens with zero attached hydrogens (tertiary/aromatic N) is 3. The standard InChI is InChI=1S/C56H56BN3/c1-34(2)38-30-43-52-45(31-38)57-44-22-16-21-41-40-20-10-11-23-46(40)59(51(41)44)48-32-39(33-49(50(48)57)60(52)56(6)28-15-14-27-55(43,56)5)58-47-25-24-37(36-18-8-7-9-19-36)29-42(47)54(4)26-13-12-17-35(3)53(54)58/h7-11,16,18-25,29-35,53H,12-15,17,26-28H2,1-6H3. The first-order valence-corrected chi connectivity index (χ1v) is 23.3. The van der Waals surface area contributed by atoms with Crippen molar-refractivity contribution in [2.24, 2.45) is 5.92 Å². The molecule has 6 aliphatic rings. The minimum atomic E-state index is -0.0298. The Morgan fingerprint density at radius 3 is 2.27 bits per heavy atom. The molecular formula is C56H56BN3. The van der Waals surface area contributed by atoms with Crippen molar-refractivity contribution < 1.29 is 0 Å². The molecule has 0 bridgehead atoms. The van der Waals surface area contributed by atoms with Crippen LogP contribution < -0.4 is 26.2 Å². The first-order valence-electron chi connectivity index (χ1n) is 23.3. The van der Waals surface area contributed by atoms with Crippen molar-refractivity contribution in [2.45, 2.75) is 121 Å². The van der Waals surface area contributed by atoms with Crippen LogP contribution in [0.1, 0.15) is 116 Å². The fraction of sp³-hybridized carbons (Fsp3) is 0.357. The molecule has 4 aliphatic heterocycles. The van der Waals surface area contributed by atoms with Gasteiger partial charge in [-0.25, -0.2) is 0 Å². The summed E-state index contributed by atoms with van der Waals surface area (Å²) in [6.45, 7) is 15.4. The Balaban J connectivity index is 1.15. The van der Waals surface area contributed by atoms with Gasteiger partial charge in [-0.15, -0.1) is 0 Å². The first-order chi connectivity index (χ1) is 29.1. The summed E-state index contributed by atoms with van der Waals surface area (Å²) in [5.41, 5.74) is 21.7. The summed E-state index contributed by atoms with van der Waals surface area (Å²) in [7, 11) is 0. The molecule has 5 heterocycles. The summed E-state index contributed by atoms with van der Waals surface area (Å²) in [5, 5.41) is 2.72. The molecule has 60 heavy (non-hydrogen) atoms. The average Bonchev–Trinajstić information content (AvgIpc) is 3.77. The van der Waals surface area contributed by atoms with Crippen LogP contribution in [-0.4, -0.2) is 22.9 Å². The molecule has 0 N–H and O–H groups in total. The predicted molar refractivity (Wildman–Crippen MR) is 255 cm³/mol. The average molecular weight is 782 g/mol. The number of hydrogen-bond acceptors (Lipinski definition) is 2. The Hall–Kier alpha value is -5.22. The molecule has 2 fully saturated rings. The molecule has 0 saturated heterocycles. The van der Waals surface area contributed by atoms with E-state index in [9.17, 15) is 0 Å². The van der Waals surface area contributed by atoms with Crippen LogP contribution in [0.2, 0.25) is 0 Å². The van der Waals surface area contributed by atoms with Crippen molar-refractivity contribution in [3.63, 3.8) is 0 Å². The maximum Gasteiger partial charge on any atom is 0.252 e. The monoisotopic (exact) mass is 781 g/mol. The van der Waals surface area contributed by atoms with Gasteiger partial charge in [-0.05, 0) is 119 Å². The number of para-hydroxylation sites is 2. The molecule has 5 unspecified atom stereocenters. The molecule has 0 radical (unpaired) electrons. The fourth-order valence-corrected chi connectivity index (χ4v) is 14.4. The summed E-state index contributed by atoms with van der Waals surface area (Å²) < 4.78 is 2.70. The van der Waals surface area contributed by atoms with Gasteiger partial charge in [-0.3, -0.25) is 0 Å². The van der Waals surface area contributed by atoms with Crippen LogP contribution in [0.4, 0.5) is 22.7 Å². The molecule has 0 amide bonds. The van der Waals surface area contributed by atoms with Crippen LogP contribution in [0.15, 0.2) is 115 Å². The van der Waals surface area contributed by atoms with E-state index >= 15 is 0 Å². The molecule has 1 aromatic heterocycles. The van der Waals surface area contributed by atoms with Gasteiger partial charge in [0.15, 0.2) is 0 Å². The highest BCUT2D eigenvalue weighted by atomic mass is 15.3. The zero-order valence-electron chi connectivity index (χ0n) is 36.3. The highest BCUT2D eigenvalue weighted by Gasteiger charge is 2.62. The van der Waals surface area contributed by atoms with Gasteiger partial charge in [0.25, 0.3) is 6.71 Å². The van der Waals surface area contributed by atoms with Gasteiger partial charge < -0.3 is 14.4 Å². The lowest BCUT2D eigenvalue weighted by molar-refractivity contribution is 0.195. The second-order valence-electron chi connectivity index (χ2n) is 20.8. The van der Waals surface area contributed by atoms with Crippen LogP contribution in [-0.2, 0) is 10.8 Å². The highest BCUT2D eigenvalue weighted by Crippen LogP contribution is 2.63.